The van der Waals surface area contributed by atoms with Crippen LogP contribution in [-0.2, 0) is 16.1 Å². The van der Waals surface area contributed by atoms with E-state index in [4.69, 9.17) is 4.98 Å². The number of piperidine rings is 1. The second-order valence-electron chi connectivity index (χ2n) is 8.32. The molecular formula is C25H30N4O2S. The number of carbonyl (C=O) groups is 2. The molecule has 0 radical (unpaired) electrons. The summed E-state index contributed by atoms with van der Waals surface area (Å²) < 4.78 is 1.97. The van der Waals surface area contributed by atoms with Crippen LogP contribution in [0.15, 0.2) is 59.8 Å². The smallest absolute Gasteiger partial charge is 0.242 e. The highest BCUT2D eigenvalue weighted by molar-refractivity contribution is 7.99. The van der Waals surface area contributed by atoms with Gasteiger partial charge < -0.3 is 14.4 Å². The zero-order valence-electron chi connectivity index (χ0n) is 18.7. The molecule has 1 unspecified atom stereocenters. The number of benzene rings is 2. The van der Waals surface area contributed by atoms with Gasteiger partial charge in [0.15, 0.2) is 5.16 Å². The Balaban J connectivity index is 1.52. The van der Waals surface area contributed by atoms with E-state index in [1.54, 1.807) is 4.90 Å². The van der Waals surface area contributed by atoms with E-state index in [1.165, 1.54) is 18.2 Å². The van der Waals surface area contributed by atoms with Gasteiger partial charge in [0.05, 0.1) is 16.8 Å². The number of para-hydroxylation sites is 3. The van der Waals surface area contributed by atoms with E-state index in [0.717, 1.165) is 36.2 Å². The first-order valence-corrected chi connectivity index (χ1v) is 12.3. The molecule has 0 N–H and O–H groups in total. The van der Waals surface area contributed by atoms with Crippen LogP contribution in [0.3, 0.4) is 0 Å². The van der Waals surface area contributed by atoms with Crippen LogP contribution < -0.4 is 4.90 Å². The van der Waals surface area contributed by atoms with Gasteiger partial charge in [0, 0.05) is 25.3 Å². The maximum Gasteiger partial charge on any atom is 0.242 e. The Morgan fingerprint density at radius 1 is 1.12 bits per heavy atom. The van der Waals surface area contributed by atoms with Gasteiger partial charge in [-0.05, 0) is 49.9 Å². The molecule has 3 aromatic rings. The van der Waals surface area contributed by atoms with Gasteiger partial charge in [-0.15, -0.1) is 0 Å². The average Bonchev–Trinajstić information content (AvgIpc) is 3.16. The van der Waals surface area contributed by atoms with Gasteiger partial charge in [-0.1, -0.05) is 49.0 Å². The molecule has 32 heavy (non-hydrogen) atoms. The zero-order valence-corrected chi connectivity index (χ0v) is 19.6. The minimum Gasteiger partial charge on any atom is -0.341 e. The molecule has 7 heteroatoms. The van der Waals surface area contributed by atoms with Gasteiger partial charge in [0.2, 0.25) is 11.8 Å². The molecule has 1 saturated heterocycles. The number of amides is 2. The molecule has 0 saturated carbocycles. The highest BCUT2D eigenvalue weighted by Crippen LogP contribution is 2.26. The number of hydrogen-bond donors (Lipinski definition) is 0. The summed E-state index contributed by atoms with van der Waals surface area (Å²) in [5.74, 6) is 0.948. The second-order valence-corrected chi connectivity index (χ2v) is 9.26. The van der Waals surface area contributed by atoms with Crippen molar-refractivity contribution in [2.75, 3.05) is 30.3 Å². The van der Waals surface area contributed by atoms with E-state index in [-0.39, 0.29) is 24.1 Å². The highest BCUT2D eigenvalue weighted by atomic mass is 32.2. The third-order valence-electron chi connectivity index (χ3n) is 5.93. The Bertz CT molecular complexity index is 1080. The van der Waals surface area contributed by atoms with E-state index < -0.39 is 0 Å². The Kier molecular flexibility index (Phi) is 7.15. The topological polar surface area (TPSA) is 58.4 Å². The first-order valence-electron chi connectivity index (χ1n) is 11.3. The van der Waals surface area contributed by atoms with Crippen molar-refractivity contribution in [2.24, 2.45) is 5.92 Å². The molecule has 1 atom stereocenters. The van der Waals surface area contributed by atoms with Crippen molar-refractivity contribution in [3.63, 3.8) is 0 Å². The summed E-state index contributed by atoms with van der Waals surface area (Å²) in [7, 11) is 0. The largest absolute Gasteiger partial charge is 0.341 e. The first kappa shape index (κ1) is 22.4. The summed E-state index contributed by atoms with van der Waals surface area (Å²) in [6, 6.07) is 17.5. The molecule has 2 aromatic carbocycles. The normalized spacial score (nSPS) is 16.3. The highest BCUT2D eigenvalue weighted by Gasteiger charge is 2.23. The molecule has 1 aliphatic heterocycles. The third-order valence-corrected chi connectivity index (χ3v) is 6.89. The molecule has 4 rings (SSSR count). The molecule has 168 valence electrons. The van der Waals surface area contributed by atoms with Gasteiger partial charge in [-0.2, -0.15) is 0 Å². The van der Waals surface area contributed by atoms with Crippen molar-refractivity contribution in [3.8, 4) is 0 Å². The van der Waals surface area contributed by atoms with Crippen molar-refractivity contribution in [3.05, 3.63) is 54.6 Å². The maximum atomic E-state index is 13.1. The van der Waals surface area contributed by atoms with E-state index in [9.17, 15) is 9.59 Å². The Morgan fingerprint density at radius 3 is 2.62 bits per heavy atom. The molecule has 0 bridgehead atoms. The van der Waals surface area contributed by atoms with Crippen LogP contribution in [0.1, 0.15) is 26.7 Å². The van der Waals surface area contributed by atoms with Crippen LogP contribution in [-0.4, -0.2) is 51.7 Å². The third kappa shape index (κ3) is 4.99. The van der Waals surface area contributed by atoms with E-state index in [2.05, 4.69) is 6.92 Å². The minimum absolute atomic E-state index is 0.0264. The van der Waals surface area contributed by atoms with Crippen molar-refractivity contribution in [1.29, 1.82) is 0 Å². The lowest BCUT2D eigenvalue weighted by Gasteiger charge is -2.31. The lowest BCUT2D eigenvalue weighted by molar-refractivity contribution is -0.133. The summed E-state index contributed by atoms with van der Waals surface area (Å²) in [4.78, 5) is 34.5. The Morgan fingerprint density at radius 2 is 1.88 bits per heavy atom. The second kappa shape index (κ2) is 10.2. The van der Waals surface area contributed by atoms with Crippen LogP contribution >= 0.6 is 11.8 Å². The number of hydrogen-bond acceptors (Lipinski definition) is 4. The van der Waals surface area contributed by atoms with E-state index in [1.807, 2.05) is 71.0 Å². The van der Waals surface area contributed by atoms with Crippen molar-refractivity contribution in [2.45, 2.75) is 38.4 Å². The van der Waals surface area contributed by atoms with Crippen LogP contribution in [0.25, 0.3) is 11.0 Å². The standard InChI is InChI=1S/C25H30N4O2S/c1-3-28(20-11-5-4-6-12-20)24(31)18-32-25-26-21-13-7-8-14-22(21)29(25)17-23(30)27-15-9-10-19(2)16-27/h4-8,11-14,19H,3,9-10,15-18H2,1-2H3. The maximum absolute atomic E-state index is 13.1. The number of anilines is 1. The fourth-order valence-corrected chi connectivity index (χ4v) is 5.17. The fourth-order valence-electron chi connectivity index (χ4n) is 4.28. The summed E-state index contributed by atoms with van der Waals surface area (Å²) in [6.45, 7) is 6.66. The van der Waals surface area contributed by atoms with E-state index >= 15 is 0 Å². The number of fused-ring (bicyclic) bond motifs is 1. The lowest BCUT2D eigenvalue weighted by atomic mass is 10.0. The number of thioether (sulfide) groups is 1. The number of nitrogens with zero attached hydrogens (tertiary/aromatic N) is 4. The summed E-state index contributed by atoms with van der Waals surface area (Å²) >= 11 is 1.40. The van der Waals surface area contributed by atoms with Gasteiger partial charge >= 0.3 is 0 Å². The fraction of sp³-hybridized carbons (Fsp3) is 0.400. The number of likely N-dealkylation sites (tertiary alicyclic amines) is 1. The molecule has 0 spiro atoms. The monoisotopic (exact) mass is 450 g/mol. The summed E-state index contributed by atoms with van der Waals surface area (Å²) in [6.07, 6.45) is 2.23. The van der Waals surface area contributed by atoms with Crippen molar-refractivity contribution < 1.29 is 9.59 Å². The number of imidazole rings is 1. The van der Waals surface area contributed by atoms with Gasteiger partial charge in [0.1, 0.15) is 6.54 Å². The summed E-state index contributed by atoms with van der Waals surface area (Å²) in [5, 5.41) is 0.710. The molecular weight excluding hydrogens is 420 g/mol. The SMILES string of the molecule is CCN(C(=O)CSc1nc2ccccc2n1CC(=O)N1CCCC(C)C1)c1ccccc1. The molecule has 1 aromatic heterocycles. The number of carbonyl (C=O) groups excluding carboxylic acids is 2. The predicted octanol–water partition coefficient (Wildman–Crippen LogP) is 4.44. The van der Waals surface area contributed by atoms with Crippen molar-refractivity contribution in [1.82, 2.24) is 14.5 Å². The van der Waals surface area contributed by atoms with Gasteiger partial charge in [0.25, 0.3) is 0 Å². The van der Waals surface area contributed by atoms with Gasteiger partial charge in [-0.3, -0.25) is 9.59 Å². The Hall–Kier alpha value is -2.80. The van der Waals surface area contributed by atoms with Crippen LogP contribution in [0.2, 0.25) is 0 Å². The quantitative estimate of drug-likeness (QED) is 0.500. The molecule has 2 amide bonds. The molecule has 0 aliphatic carbocycles. The number of rotatable bonds is 7. The first-order chi connectivity index (χ1) is 15.6. The molecule has 1 fully saturated rings. The molecule has 1 aliphatic rings. The molecule has 2 heterocycles. The zero-order chi connectivity index (χ0) is 22.5. The lowest BCUT2D eigenvalue weighted by Crippen LogP contribution is -2.40. The number of aromatic nitrogens is 2. The van der Waals surface area contributed by atoms with Crippen LogP contribution in [0.5, 0.6) is 0 Å². The van der Waals surface area contributed by atoms with E-state index in [0.29, 0.717) is 17.6 Å². The average molecular weight is 451 g/mol. The van der Waals surface area contributed by atoms with Crippen LogP contribution in [0.4, 0.5) is 5.69 Å². The van der Waals surface area contributed by atoms with Gasteiger partial charge in [-0.25, -0.2) is 4.98 Å². The van der Waals surface area contributed by atoms with Crippen LogP contribution in [0, 0.1) is 5.92 Å². The minimum atomic E-state index is 0.0264. The Labute approximate surface area is 193 Å². The van der Waals surface area contributed by atoms with Crippen molar-refractivity contribution >= 4 is 40.3 Å². The predicted molar refractivity (Wildman–Crippen MR) is 130 cm³/mol. The molecule has 6 nitrogen and oxygen atoms in total. The summed E-state index contributed by atoms with van der Waals surface area (Å²) in [5.41, 5.74) is 2.66.